The van der Waals surface area contributed by atoms with Crippen LogP contribution in [0.25, 0.3) is 0 Å². The molecule has 10 nitrogen and oxygen atoms in total. The first-order chi connectivity index (χ1) is 22.0. The number of halogens is 1. The van der Waals surface area contributed by atoms with Crippen LogP contribution >= 0.6 is 11.6 Å². The zero-order valence-electron chi connectivity index (χ0n) is 26.9. The number of nitrogens with zero attached hydrogens (tertiary/aromatic N) is 6. The van der Waals surface area contributed by atoms with Crippen LogP contribution in [-0.4, -0.2) is 90.9 Å². The number of hydrogen-bond acceptors (Lipinski definition) is 6. The minimum atomic E-state index is -1.25. The maximum atomic E-state index is 14.5. The van der Waals surface area contributed by atoms with E-state index in [-0.39, 0.29) is 30.2 Å². The quantitative estimate of drug-likeness (QED) is 0.406. The standard InChI is InChI=1S/C35H43ClN6O4/c1-23-18-39(22-38-23)19-24-6-5-13-41(20-24)33(44)29-21-40(14-15-42(29)30(43)17-35(2,3)34(45)46)32-28-11-10-27(36)16-26(28)9-8-25-7-4-12-37-31(25)32/h4,7,10-12,16,18,22,24,29,32H,5-6,8-9,13-15,17,19-21H2,1-3H3,(H,45,46)/t24?,29?,32-/m1/s1. The first-order valence-corrected chi connectivity index (χ1v) is 16.6. The number of piperazine rings is 1. The topological polar surface area (TPSA) is 112 Å². The summed E-state index contributed by atoms with van der Waals surface area (Å²) in [6.07, 6.45) is 9.07. The second-order valence-corrected chi connectivity index (χ2v) is 14.2. The molecule has 2 saturated heterocycles. The smallest absolute Gasteiger partial charge is 0.309 e. The van der Waals surface area contributed by atoms with Crippen molar-refractivity contribution in [2.45, 2.75) is 71.5 Å². The van der Waals surface area contributed by atoms with Gasteiger partial charge in [0.05, 0.1) is 29.2 Å². The summed E-state index contributed by atoms with van der Waals surface area (Å²) >= 11 is 6.45. The van der Waals surface area contributed by atoms with Gasteiger partial charge in [0, 0.05) is 63.1 Å². The van der Waals surface area contributed by atoms with Crippen LogP contribution in [0.1, 0.15) is 67.2 Å². The maximum Gasteiger partial charge on any atom is 0.309 e. The van der Waals surface area contributed by atoms with Gasteiger partial charge in [0.15, 0.2) is 0 Å². The van der Waals surface area contributed by atoms with Gasteiger partial charge in [-0.3, -0.25) is 24.3 Å². The number of aliphatic carboxylic acids is 1. The number of carbonyl (C=O) groups excluding carboxylic acids is 2. The molecule has 0 saturated carbocycles. The summed E-state index contributed by atoms with van der Waals surface area (Å²) in [5.74, 6) is -1.15. The Morgan fingerprint density at radius 2 is 1.85 bits per heavy atom. The van der Waals surface area contributed by atoms with Crippen LogP contribution in [0.2, 0.25) is 5.02 Å². The normalized spacial score (nSPS) is 22.1. The first kappa shape index (κ1) is 32.2. The van der Waals surface area contributed by atoms with Crippen LogP contribution in [0.15, 0.2) is 49.1 Å². The molecule has 2 amide bonds. The van der Waals surface area contributed by atoms with Crippen LogP contribution in [-0.2, 0) is 33.8 Å². The number of rotatable bonds is 7. The summed E-state index contributed by atoms with van der Waals surface area (Å²) in [4.78, 5) is 55.4. The molecule has 3 aliphatic rings. The molecule has 0 radical (unpaired) electrons. The van der Waals surface area contributed by atoms with E-state index < -0.39 is 17.4 Å². The van der Waals surface area contributed by atoms with E-state index in [4.69, 9.17) is 16.6 Å². The van der Waals surface area contributed by atoms with Gasteiger partial charge in [-0.25, -0.2) is 4.98 Å². The maximum absolute atomic E-state index is 14.5. The van der Waals surface area contributed by atoms with E-state index >= 15 is 0 Å². The van der Waals surface area contributed by atoms with E-state index in [1.807, 2.05) is 48.7 Å². The molecular weight excluding hydrogens is 604 g/mol. The third-order valence-corrected chi connectivity index (χ3v) is 10.1. The molecule has 3 atom stereocenters. The molecule has 244 valence electrons. The number of carboxylic acids is 1. The van der Waals surface area contributed by atoms with Crippen molar-refractivity contribution in [1.29, 1.82) is 0 Å². The van der Waals surface area contributed by atoms with E-state index in [1.165, 1.54) is 0 Å². The third-order valence-electron chi connectivity index (χ3n) is 9.86. The molecule has 46 heavy (non-hydrogen) atoms. The number of aromatic nitrogens is 3. The lowest BCUT2D eigenvalue weighted by Crippen LogP contribution is -2.62. The van der Waals surface area contributed by atoms with Gasteiger partial charge in [-0.1, -0.05) is 23.7 Å². The largest absolute Gasteiger partial charge is 0.481 e. The molecule has 0 bridgehead atoms. The number of benzene rings is 1. The Morgan fingerprint density at radius 1 is 1.04 bits per heavy atom. The molecule has 2 aliphatic heterocycles. The highest BCUT2D eigenvalue weighted by Crippen LogP contribution is 2.38. The van der Waals surface area contributed by atoms with E-state index in [0.29, 0.717) is 37.7 Å². The predicted molar refractivity (Wildman–Crippen MR) is 174 cm³/mol. The summed E-state index contributed by atoms with van der Waals surface area (Å²) < 4.78 is 2.08. The molecule has 2 unspecified atom stereocenters. The van der Waals surface area contributed by atoms with Crippen molar-refractivity contribution >= 4 is 29.4 Å². The fraction of sp³-hybridized carbons (Fsp3) is 0.514. The Kier molecular flexibility index (Phi) is 9.21. The van der Waals surface area contributed by atoms with Crippen molar-refractivity contribution in [2.75, 3.05) is 32.7 Å². The third kappa shape index (κ3) is 6.69. The molecule has 2 aromatic heterocycles. The molecule has 3 aromatic rings. The number of carboxylic acid groups (broad SMARTS) is 1. The van der Waals surface area contributed by atoms with Crippen LogP contribution < -0.4 is 0 Å². The molecule has 1 N–H and O–H groups in total. The van der Waals surface area contributed by atoms with Gasteiger partial charge in [-0.15, -0.1) is 0 Å². The van der Waals surface area contributed by atoms with Gasteiger partial charge in [0.2, 0.25) is 11.8 Å². The summed E-state index contributed by atoms with van der Waals surface area (Å²) in [7, 11) is 0. The van der Waals surface area contributed by atoms with E-state index in [1.54, 1.807) is 18.7 Å². The Morgan fingerprint density at radius 3 is 2.61 bits per heavy atom. The van der Waals surface area contributed by atoms with Crippen LogP contribution in [0.3, 0.4) is 0 Å². The summed E-state index contributed by atoms with van der Waals surface area (Å²) in [6.45, 7) is 8.26. The number of imidazole rings is 1. The molecule has 6 rings (SSSR count). The molecule has 1 aromatic carbocycles. The van der Waals surface area contributed by atoms with Crippen LogP contribution in [0.5, 0.6) is 0 Å². The fourth-order valence-corrected chi connectivity index (χ4v) is 7.55. The summed E-state index contributed by atoms with van der Waals surface area (Å²) in [5, 5.41) is 10.5. The fourth-order valence-electron chi connectivity index (χ4n) is 7.35. The molecule has 4 heterocycles. The Balaban J connectivity index is 1.31. The van der Waals surface area contributed by atoms with E-state index in [2.05, 4.69) is 26.6 Å². The Bertz CT molecular complexity index is 1620. The second-order valence-electron chi connectivity index (χ2n) is 13.8. The minimum absolute atomic E-state index is 0.0797. The number of fused-ring (bicyclic) bond motifs is 2. The monoisotopic (exact) mass is 646 g/mol. The molecule has 1 aliphatic carbocycles. The minimum Gasteiger partial charge on any atom is -0.481 e. The van der Waals surface area contributed by atoms with E-state index in [0.717, 1.165) is 60.3 Å². The first-order valence-electron chi connectivity index (χ1n) is 16.3. The average Bonchev–Trinajstić information content (AvgIpc) is 3.36. The highest BCUT2D eigenvalue weighted by Gasteiger charge is 2.44. The second kappa shape index (κ2) is 13.2. The van der Waals surface area contributed by atoms with Gasteiger partial charge in [-0.05, 0) is 87.3 Å². The van der Waals surface area contributed by atoms with Crippen molar-refractivity contribution in [3.63, 3.8) is 0 Å². The number of carbonyl (C=O) groups is 3. The average molecular weight is 647 g/mol. The van der Waals surface area contributed by atoms with Gasteiger partial charge in [0.1, 0.15) is 6.04 Å². The Hall–Kier alpha value is -3.76. The predicted octanol–water partition coefficient (Wildman–Crippen LogP) is 4.38. The van der Waals surface area contributed by atoms with Crippen LogP contribution in [0.4, 0.5) is 0 Å². The summed E-state index contributed by atoms with van der Waals surface area (Å²) in [5.41, 5.74) is 4.13. The van der Waals surface area contributed by atoms with Gasteiger partial charge < -0.3 is 19.5 Å². The van der Waals surface area contributed by atoms with Crippen molar-refractivity contribution in [2.24, 2.45) is 11.3 Å². The number of amides is 2. The van der Waals surface area contributed by atoms with Crippen molar-refractivity contribution in [1.82, 2.24) is 29.2 Å². The van der Waals surface area contributed by atoms with Crippen molar-refractivity contribution in [3.05, 3.63) is 82.2 Å². The molecule has 2 fully saturated rings. The lowest BCUT2D eigenvalue weighted by atomic mass is 9.88. The van der Waals surface area contributed by atoms with Crippen molar-refractivity contribution in [3.8, 4) is 0 Å². The Labute approximate surface area is 275 Å². The van der Waals surface area contributed by atoms with Gasteiger partial charge >= 0.3 is 5.97 Å². The van der Waals surface area contributed by atoms with Gasteiger partial charge in [0.25, 0.3) is 0 Å². The lowest BCUT2D eigenvalue weighted by Gasteiger charge is -2.46. The number of likely N-dealkylation sites (tertiary alicyclic amines) is 1. The molecule has 0 spiro atoms. The zero-order valence-corrected chi connectivity index (χ0v) is 27.6. The summed E-state index contributed by atoms with van der Waals surface area (Å²) in [6, 6.07) is 9.15. The number of hydrogen-bond donors (Lipinski definition) is 1. The SMILES string of the molecule is Cc1cn(CC2CCCN(C(=O)C3CN([C@@H]4c5ccc(Cl)cc5CCc5cccnc54)CCN3C(=O)CC(C)(C)C(=O)O)C2)cn1. The number of aryl methyl sites for hydroxylation is 3. The number of piperidine rings is 1. The van der Waals surface area contributed by atoms with Gasteiger partial charge in [-0.2, -0.15) is 0 Å². The van der Waals surface area contributed by atoms with E-state index in [9.17, 15) is 19.5 Å². The molecular formula is C35H43ClN6O4. The number of pyridine rings is 1. The highest BCUT2D eigenvalue weighted by molar-refractivity contribution is 6.30. The molecule has 11 heteroatoms. The highest BCUT2D eigenvalue weighted by atomic mass is 35.5. The lowest BCUT2D eigenvalue weighted by molar-refractivity contribution is -0.156. The van der Waals surface area contributed by atoms with Crippen molar-refractivity contribution < 1.29 is 19.5 Å². The van der Waals surface area contributed by atoms with Crippen LogP contribution in [0, 0.1) is 18.3 Å². The zero-order chi connectivity index (χ0) is 32.6.